The molecule has 1 N–H and O–H groups in total. The highest BCUT2D eigenvalue weighted by Gasteiger charge is 2.53. The molecule has 1 saturated carbocycles. The smallest absolute Gasteiger partial charge is 0.308 e. The van der Waals surface area contributed by atoms with Gasteiger partial charge in [-0.15, -0.1) is 0 Å². The number of sulfone groups is 1. The van der Waals surface area contributed by atoms with Crippen molar-refractivity contribution in [3.8, 4) is 0 Å². The molecule has 0 atom stereocenters. The zero-order valence-electron chi connectivity index (χ0n) is 11.1. The quantitative estimate of drug-likeness (QED) is 0.906. The summed E-state index contributed by atoms with van der Waals surface area (Å²) in [4.78, 5) is 12.1. The molecule has 118 valence electrons. The van der Waals surface area contributed by atoms with Crippen molar-refractivity contribution in [2.24, 2.45) is 0 Å². The van der Waals surface area contributed by atoms with Crippen LogP contribution in [0.1, 0.15) is 19.3 Å². The van der Waals surface area contributed by atoms with E-state index >= 15 is 0 Å². The third kappa shape index (κ3) is 3.20. The SMILES string of the molecule is CS(=O)(=O)C1(C(=O)Nc2ccn(CC(F)(F)F)n2)CCC1. The maximum atomic E-state index is 12.2. The summed E-state index contributed by atoms with van der Waals surface area (Å²) in [7, 11) is -3.60. The Labute approximate surface area is 119 Å². The topological polar surface area (TPSA) is 81.1 Å². The van der Waals surface area contributed by atoms with Crippen LogP contribution in [-0.2, 0) is 21.2 Å². The fourth-order valence-electron chi connectivity index (χ4n) is 2.19. The van der Waals surface area contributed by atoms with E-state index < -0.39 is 33.2 Å². The number of anilines is 1. The summed E-state index contributed by atoms with van der Waals surface area (Å²) in [6.07, 6.45) is -1.34. The van der Waals surface area contributed by atoms with Crippen molar-refractivity contribution in [1.82, 2.24) is 9.78 Å². The lowest BCUT2D eigenvalue weighted by atomic mass is 9.83. The molecule has 0 unspecified atom stereocenters. The zero-order chi connectivity index (χ0) is 15.9. The Morgan fingerprint density at radius 2 is 2.10 bits per heavy atom. The highest BCUT2D eigenvalue weighted by Crippen LogP contribution is 2.39. The van der Waals surface area contributed by atoms with Crippen LogP contribution in [0.2, 0.25) is 0 Å². The van der Waals surface area contributed by atoms with Gasteiger partial charge in [-0.05, 0) is 19.3 Å². The summed E-state index contributed by atoms with van der Waals surface area (Å²) in [5.41, 5.74) is 0. The molecule has 0 saturated heterocycles. The number of amides is 1. The van der Waals surface area contributed by atoms with Gasteiger partial charge < -0.3 is 5.32 Å². The monoisotopic (exact) mass is 325 g/mol. The third-order valence-electron chi connectivity index (χ3n) is 3.51. The molecule has 1 aliphatic rings. The van der Waals surface area contributed by atoms with Gasteiger partial charge in [0.15, 0.2) is 20.4 Å². The van der Waals surface area contributed by atoms with Crippen LogP contribution in [0, 0.1) is 0 Å². The molecule has 2 rings (SSSR count). The molecule has 0 aromatic carbocycles. The molecular formula is C11H14F3N3O3S. The Balaban J connectivity index is 2.10. The Morgan fingerprint density at radius 3 is 2.52 bits per heavy atom. The molecule has 0 aliphatic heterocycles. The van der Waals surface area contributed by atoms with Gasteiger partial charge in [0, 0.05) is 18.5 Å². The van der Waals surface area contributed by atoms with Crippen molar-refractivity contribution in [2.45, 2.75) is 36.7 Å². The van der Waals surface area contributed by atoms with Gasteiger partial charge in [-0.25, -0.2) is 8.42 Å². The molecule has 6 nitrogen and oxygen atoms in total. The average Bonchev–Trinajstić information content (AvgIpc) is 2.57. The summed E-state index contributed by atoms with van der Waals surface area (Å²) >= 11 is 0. The Bertz CT molecular complexity index is 647. The molecule has 0 radical (unpaired) electrons. The van der Waals surface area contributed by atoms with Gasteiger partial charge in [0.1, 0.15) is 6.54 Å². The Hall–Kier alpha value is -1.58. The van der Waals surface area contributed by atoms with Gasteiger partial charge in [-0.3, -0.25) is 9.48 Å². The van der Waals surface area contributed by atoms with Crippen molar-refractivity contribution in [2.75, 3.05) is 11.6 Å². The minimum Gasteiger partial charge on any atom is -0.308 e. The number of halogens is 3. The number of carbonyl (C=O) groups is 1. The predicted molar refractivity (Wildman–Crippen MR) is 68.3 cm³/mol. The molecule has 1 aromatic heterocycles. The minimum atomic E-state index is -4.42. The first-order valence-electron chi connectivity index (χ1n) is 6.15. The molecule has 1 aliphatic carbocycles. The van der Waals surface area contributed by atoms with Gasteiger partial charge in [-0.2, -0.15) is 18.3 Å². The normalized spacial score (nSPS) is 18.1. The second-order valence-corrected chi connectivity index (χ2v) is 7.41. The highest BCUT2D eigenvalue weighted by atomic mass is 32.2. The van der Waals surface area contributed by atoms with Crippen LogP contribution in [-0.4, -0.2) is 41.3 Å². The average molecular weight is 325 g/mol. The summed E-state index contributed by atoms with van der Waals surface area (Å²) in [5.74, 6) is -0.840. The van der Waals surface area contributed by atoms with Crippen LogP contribution in [0.25, 0.3) is 0 Å². The lowest BCUT2D eigenvalue weighted by Crippen LogP contribution is -2.54. The summed E-state index contributed by atoms with van der Waals surface area (Å²) < 4.78 is 59.2. The zero-order valence-corrected chi connectivity index (χ0v) is 12.0. The lowest BCUT2D eigenvalue weighted by molar-refractivity contribution is -0.142. The van der Waals surface area contributed by atoms with E-state index in [1.807, 2.05) is 0 Å². The molecule has 21 heavy (non-hydrogen) atoms. The number of rotatable bonds is 4. The first-order chi connectivity index (χ1) is 9.53. The van der Waals surface area contributed by atoms with Gasteiger partial charge in [0.2, 0.25) is 5.91 Å². The number of nitrogens with one attached hydrogen (secondary N) is 1. The van der Waals surface area contributed by atoms with Gasteiger partial charge in [-0.1, -0.05) is 0 Å². The van der Waals surface area contributed by atoms with Crippen LogP contribution in [0.5, 0.6) is 0 Å². The summed E-state index contributed by atoms with van der Waals surface area (Å²) in [6.45, 7) is -1.28. The molecule has 0 spiro atoms. The molecular weight excluding hydrogens is 311 g/mol. The van der Waals surface area contributed by atoms with E-state index in [-0.39, 0.29) is 18.7 Å². The number of nitrogens with zero attached hydrogens (tertiary/aromatic N) is 2. The number of hydrogen-bond acceptors (Lipinski definition) is 4. The maximum absolute atomic E-state index is 12.2. The van der Waals surface area contributed by atoms with E-state index in [1.54, 1.807) is 0 Å². The number of hydrogen-bond donors (Lipinski definition) is 1. The molecule has 1 amide bonds. The van der Waals surface area contributed by atoms with Crippen LogP contribution in [0.15, 0.2) is 12.3 Å². The van der Waals surface area contributed by atoms with E-state index in [0.717, 1.165) is 12.5 Å². The maximum Gasteiger partial charge on any atom is 0.408 e. The van der Waals surface area contributed by atoms with E-state index in [0.29, 0.717) is 11.1 Å². The molecule has 1 heterocycles. The molecule has 0 bridgehead atoms. The Morgan fingerprint density at radius 1 is 1.48 bits per heavy atom. The predicted octanol–water partition coefficient (Wildman–Crippen LogP) is 1.35. The molecule has 1 fully saturated rings. The number of alkyl halides is 3. The van der Waals surface area contributed by atoms with E-state index in [2.05, 4.69) is 10.4 Å². The summed E-state index contributed by atoms with van der Waals surface area (Å²) in [5, 5.41) is 5.84. The van der Waals surface area contributed by atoms with Crippen molar-refractivity contribution in [3.05, 3.63) is 12.3 Å². The van der Waals surface area contributed by atoms with E-state index in [1.165, 1.54) is 6.07 Å². The van der Waals surface area contributed by atoms with E-state index in [9.17, 15) is 26.4 Å². The minimum absolute atomic E-state index is 0.0980. The van der Waals surface area contributed by atoms with Gasteiger partial charge in [0.25, 0.3) is 0 Å². The lowest BCUT2D eigenvalue weighted by Gasteiger charge is -2.37. The summed E-state index contributed by atoms with van der Waals surface area (Å²) in [6, 6.07) is 1.19. The van der Waals surface area contributed by atoms with E-state index in [4.69, 9.17) is 0 Å². The van der Waals surface area contributed by atoms with Crippen molar-refractivity contribution in [3.63, 3.8) is 0 Å². The number of carbonyl (C=O) groups excluding carboxylic acids is 1. The largest absolute Gasteiger partial charge is 0.408 e. The third-order valence-corrected chi connectivity index (χ3v) is 5.52. The second-order valence-electron chi connectivity index (χ2n) is 5.09. The van der Waals surface area contributed by atoms with Gasteiger partial charge >= 0.3 is 6.18 Å². The first kappa shape index (κ1) is 15.8. The molecule has 10 heteroatoms. The van der Waals surface area contributed by atoms with Crippen LogP contribution in [0.3, 0.4) is 0 Å². The fraction of sp³-hybridized carbons (Fsp3) is 0.636. The van der Waals surface area contributed by atoms with Crippen molar-refractivity contribution >= 4 is 21.6 Å². The highest BCUT2D eigenvalue weighted by molar-refractivity contribution is 7.93. The van der Waals surface area contributed by atoms with Crippen molar-refractivity contribution < 1.29 is 26.4 Å². The van der Waals surface area contributed by atoms with Crippen LogP contribution < -0.4 is 5.32 Å². The van der Waals surface area contributed by atoms with Crippen LogP contribution >= 0.6 is 0 Å². The van der Waals surface area contributed by atoms with Crippen LogP contribution in [0.4, 0.5) is 19.0 Å². The molecule has 1 aromatic rings. The first-order valence-corrected chi connectivity index (χ1v) is 8.04. The van der Waals surface area contributed by atoms with Gasteiger partial charge in [0.05, 0.1) is 0 Å². The second kappa shape index (κ2) is 5.00. The number of aromatic nitrogens is 2. The standard InChI is InChI=1S/C11H14F3N3O3S/c1-21(19,20)10(4-2-5-10)9(18)15-8-3-6-17(16-8)7-11(12,13)14/h3,6H,2,4-5,7H2,1H3,(H,15,16,18). The van der Waals surface area contributed by atoms with Crippen molar-refractivity contribution in [1.29, 1.82) is 0 Å². The fourth-order valence-corrected chi connectivity index (χ4v) is 3.61. The Kier molecular flexibility index (Phi) is 3.77.